The van der Waals surface area contributed by atoms with E-state index >= 15 is 0 Å². The zero-order valence-corrected chi connectivity index (χ0v) is 12.3. The van der Waals surface area contributed by atoms with Crippen molar-refractivity contribution in [2.75, 3.05) is 30.7 Å². The number of carbonyl (C=O) groups excluding carboxylic acids is 2. The Hall–Kier alpha value is -2.08. The van der Waals surface area contributed by atoms with E-state index in [1.807, 2.05) is 19.1 Å². The van der Waals surface area contributed by atoms with Crippen LogP contribution in [0.5, 0.6) is 0 Å². The van der Waals surface area contributed by atoms with Crippen LogP contribution in [0.2, 0.25) is 0 Å². The van der Waals surface area contributed by atoms with Gasteiger partial charge in [-0.05, 0) is 37.6 Å². The van der Waals surface area contributed by atoms with E-state index in [9.17, 15) is 9.59 Å². The molecule has 1 saturated heterocycles. The fraction of sp³-hybridized carbons (Fsp3) is 0.467. The number of amides is 2. The molecule has 0 aromatic heterocycles. The molecule has 6 heteroatoms. The lowest BCUT2D eigenvalue weighted by Gasteiger charge is -2.15. The number of rotatable bonds is 5. The Kier molecular flexibility index (Phi) is 4.80. The smallest absolute Gasteiger partial charge is 0.225 e. The molecule has 1 fully saturated rings. The second kappa shape index (κ2) is 6.58. The molecule has 1 unspecified atom stereocenters. The summed E-state index contributed by atoms with van der Waals surface area (Å²) < 4.78 is 0. The van der Waals surface area contributed by atoms with Crippen molar-refractivity contribution in [2.24, 2.45) is 11.7 Å². The van der Waals surface area contributed by atoms with Crippen molar-refractivity contribution in [3.63, 3.8) is 0 Å². The van der Waals surface area contributed by atoms with E-state index in [0.717, 1.165) is 24.2 Å². The molecule has 114 valence electrons. The standard InChI is InChI=1S/C15H22N4O2/c1-10-12(16)3-2-4-13(10)18-14(20)6-8-19-7-5-11(9-19)15(17)21/h2-4,11H,5-9,16H2,1H3,(H2,17,21)(H,18,20). The van der Waals surface area contributed by atoms with Crippen molar-refractivity contribution < 1.29 is 9.59 Å². The molecule has 0 bridgehead atoms. The van der Waals surface area contributed by atoms with Crippen LogP contribution >= 0.6 is 0 Å². The summed E-state index contributed by atoms with van der Waals surface area (Å²) in [6, 6.07) is 5.46. The van der Waals surface area contributed by atoms with Gasteiger partial charge in [-0.2, -0.15) is 0 Å². The molecule has 5 N–H and O–H groups in total. The van der Waals surface area contributed by atoms with Crippen LogP contribution < -0.4 is 16.8 Å². The Morgan fingerprint density at radius 1 is 1.43 bits per heavy atom. The second-order valence-corrected chi connectivity index (χ2v) is 5.51. The van der Waals surface area contributed by atoms with Gasteiger partial charge in [-0.3, -0.25) is 9.59 Å². The van der Waals surface area contributed by atoms with Crippen LogP contribution in [0, 0.1) is 12.8 Å². The van der Waals surface area contributed by atoms with Crippen molar-refractivity contribution in [1.29, 1.82) is 0 Å². The number of hydrogen-bond acceptors (Lipinski definition) is 4. The van der Waals surface area contributed by atoms with Crippen molar-refractivity contribution in [3.8, 4) is 0 Å². The van der Waals surface area contributed by atoms with Crippen molar-refractivity contribution >= 4 is 23.2 Å². The van der Waals surface area contributed by atoms with Gasteiger partial charge in [-0.15, -0.1) is 0 Å². The van der Waals surface area contributed by atoms with Gasteiger partial charge in [0.1, 0.15) is 0 Å². The molecule has 2 rings (SSSR count). The first-order valence-corrected chi connectivity index (χ1v) is 7.14. The molecule has 1 heterocycles. The zero-order valence-electron chi connectivity index (χ0n) is 12.3. The number of anilines is 2. The second-order valence-electron chi connectivity index (χ2n) is 5.51. The molecule has 0 aliphatic carbocycles. The molecular weight excluding hydrogens is 268 g/mol. The van der Waals surface area contributed by atoms with Crippen LogP contribution in [0.25, 0.3) is 0 Å². The lowest BCUT2D eigenvalue weighted by atomic mass is 10.1. The zero-order chi connectivity index (χ0) is 15.4. The molecule has 1 aliphatic rings. The predicted molar refractivity (Wildman–Crippen MR) is 82.6 cm³/mol. The Balaban J connectivity index is 1.80. The summed E-state index contributed by atoms with van der Waals surface area (Å²) in [5.74, 6) is -0.382. The van der Waals surface area contributed by atoms with Gasteiger partial charge in [0.25, 0.3) is 0 Å². The lowest BCUT2D eigenvalue weighted by molar-refractivity contribution is -0.121. The van der Waals surface area contributed by atoms with E-state index in [4.69, 9.17) is 11.5 Å². The van der Waals surface area contributed by atoms with Crippen molar-refractivity contribution in [2.45, 2.75) is 19.8 Å². The number of benzene rings is 1. The van der Waals surface area contributed by atoms with Gasteiger partial charge in [-0.1, -0.05) is 6.07 Å². The number of nitrogens with two attached hydrogens (primary N) is 2. The number of nitrogens with one attached hydrogen (secondary N) is 1. The SMILES string of the molecule is Cc1c(N)cccc1NC(=O)CCN1CCC(C(N)=O)C1. The largest absolute Gasteiger partial charge is 0.398 e. The van der Waals surface area contributed by atoms with Gasteiger partial charge >= 0.3 is 0 Å². The molecule has 1 aliphatic heterocycles. The van der Waals surface area contributed by atoms with E-state index in [1.54, 1.807) is 6.07 Å². The van der Waals surface area contributed by atoms with Crippen molar-refractivity contribution in [3.05, 3.63) is 23.8 Å². The summed E-state index contributed by atoms with van der Waals surface area (Å²) in [6.45, 7) is 3.98. The van der Waals surface area contributed by atoms with Gasteiger partial charge < -0.3 is 21.7 Å². The molecule has 6 nitrogen and oxygen atoms in total. The molecule has 0 spiro atoms. The van der Waals surface area contributed by atoms with E-state index in [2.05, 4.69) is 10.2 Å². The first-order chi connectivity index (χ1) is 9.97. The van der Waals surface area contributed by atoms with Gasteiger partial charge in [0.15, 0.2) is 0 Å². The molecule has 0 radical (unpaired) electrons. The van der Waals surface area contributed by atoms with Gasteiger partial charge in [0.2, 0.25) is 11.8 Å². The summed E-state index contributed by atoms with van der Waals surface area (Å²) in [7, 11) is 0. The number of likely N-dealkylation sites (tertiary alicyclic amines) is 1. The van der Waals surface area contributed by atoms with Crippen LogP contribution in [0.4, 0.5) is 11.4 Å². The minimum Gasteiger partial charge on any atom is -0.398 e. The highest BCUT2D eigenvalue weighted by Gasteiger charge is 2.26. The van der Waals surface area contributed by atoms with Crippen molar-refractivity contribution in [1.82, 2.24) is 4.90 Å². The average Bonchev–Trinajstić information content (AvgIpc) is 2.91. The molecule has 2 amide bonds. The van der Waals surface area contributed by atoms with Gasteiger partial charge in [-0.25, -0.2) is 0 Å². The van der Waals surface area contributed by atoms with E-state index in [-0.39, 0.29) is 17.7 Å². The predicted octanol–water partition coefficient (Wildman–Crippen LogP) is 0.713. The van der Waals surface area contributed by atoms with Crippen LogP contribution in [0.3, 0.4) is 0 Å². The number of nitrogens with zero attached hydrogens (tertiary/aromatic N) is 1. The summed E-state index contributed by atoms with van der Waals surface area (Å²) in [5, 5.41) is 2.87. The third kappa shape index (κ3) is 3.95. The topological polar surface area (TPSA) is 101 Å². The fourth-order valence-corrected chi connectivity index (χ4v) is 2.53. The minimum absolute atomic E-state index is 0.0498. The third-order valence-electron chi connectivity index (χ3n) is 3.98. The van der Waals surface area contributed by atoms with Crippen LogP contribution in [0.15, 0.2) is 18.2 Å². The highest BCUT2D eigenvalue weighted by Crippen LogP contribution is 2.21. The summed E-state index contributed by atoms with van der Waals surface area (Å²) in [5.41, 5.74) is 13.4. The third-order valence-corrected chi connectivity index (χ3v) is 3.98. The van der Waals surface area contributed by atoms with E-state index in [0.29, 0.717) is 25.2 Å². The number of carbonyl (C=O) groups is 2. The number of primary amides is 1. The molecule has 1 aromatic rings. The first kappa shape index (κ1) is 15.3. The summed E-state index contributed by atoms with van der Waals surface area (Å²) in [6.07, 6.45) is 1.17. The summed E-state index contributed by atoms with van der Waals surface area (Å²) >= 11 is 0. The highest BCUT2D eigenvalue weighted by molar-refractivity contribution is 5.92. The quantitative estimate of drug-likeness (QED) is 0.695. The number of hydrogen-bond donors (Lipinski definition) is 3. The normalized spacial score (nSPS) is 18.6. The van der Waals surface area contributed by atoms with Crippen LogP contribution in [-0.4, -0.2) is 36.3 Å². The van der Waals surface area contributed by atoms with E-state index in [1.165, 1.54) is 0 Å². The Morgan fingerprint density at radius 2 is 2.19 bits per heavy atom. The van der Waals surface area contributed by atoms with Gasteiger partial charge in [0.05, 0.1) is 5.92 Å². The Morgan fingerprint density at radius 3 is 2.86 bits per heavy atom. The van der Waals surface area contributed by atoms with E-state index < -0.39 is 0 Å². The lowest BCUT2D eigenvalue weighted by Crippen LogP contribution is -2.29. The van der Waals surface area contributed by atoms with Crippen LogP contribution in [-0.2, 0) is 9.59 Å². The Labute approximate surface area is 124 Å². The maximum Gasteiger partial charge on any atom is 0.225 e. The molecule has 0 saturated carbocycles. The maximum atomic E-state index is 12.0. The fourth-order valence-electron chi connectivity index (χ4n) is 2.53. The summed E-state index contributed by atoms with van der Waals surface area (Å²) in [4.78, 5) is 25.2. The number of nitrogen functional groups attached to an aromatic ring is 1. The molecule has 1 aromatic carbocycles. The Bertz CT molecular complexity index is 544. The molecule has 21 heavy (non-hydrogen) atoms. The molecule has 1 atom stereocenters. The highest BCUT2D eigenvalue weighted by atomic mass is 16.2. The first-order valence-electron chi connectivity index (χ1n) is 7.14. The monoisotopic (exact) mass is 290 g/mol. The van der Waals surface area contributed by atoms with Crippen LogP contribution in [0.1, 0.15) is 18.4 Å². The minimum atomic E-state index is -0.252. The molecular formula is C15H22N4O2. The maximum absolute atomic E-state index is 12.0. The van der Waals surface area contributed by atoms with Gasteiger partial charge in [0, 0.05) is 30.9 Å². The average molecular weight is 290 g/mol.